The van der Waals surface area contributed by atoms with Crippen molar-refractivity contribution in [3.05, 3.63) is 78.1 Å². The van der Waals surface area contributed by atoms with Crippen LogP contribution >= 0.6 is 0 Å². The second kappa shape index (κ2) is 9.38. The van der Waals surface area contributed by atoms with Gasteiger partial charge in [-0.3, -0.25) is 9.78 Å². The summed E-state index contributed by atoms with van der Waals surface area (Å²) in [6, 6.07) is 14.6. The third-order valence-corrected chi connectivity index (χ3v) is 5.14. The van der Waals surface area contributed by atoms with Crippen LogP contribution in [0, 0.1) is 0 Å². The number of pyridine rings is 1. The number of methoxy groups -OCH3 is 1. The molecule has 0 atom stereocenters. The third kappa shape index (κ3) is 5.79. The molecule has 0 bridgehead atoms. The first kappa shape index (κ1) is 21.3. The molecule has 8 nitrogen and oxygen atoms in total. The summed E-state index contributed by atoms with van der Waals surface area (Å²) in [5.41, 5.74) is 2.15. The molecular formula is C21H21N3O5S. The van der Waals surface area contributed by atoms with Crippen molar-refractivity contribution < 1.29 is 22.7 Å². The number of carbonyl (C=O) groups excluding carboxylic acids is 1. The monoisotopic (exact) mass is 427 g/mol. The van der Waals surface area contributed by atoms with Crippen LogP contribution in [-0.2, 0) is 27.8 Å². The van der Waals surface area contributed by atoms with Gasteiger partial charge < -0.3 is 14.8 Å². The summed E-state index contributed by atoms with van der Waals surface area (Å²) < 4.78 is 33.8. The van der Waals surface area contributed by atoms with E-state index in [4.69, 9.17) is 14.6 Å². The highest BCUT2D eigenvalue weighted by Crippen LogP contribution is 2.31. The lowest BCUT2D eigenvalue weighted by molar-refractivity contribution is -0.115. The van der Waals surface area contributed by atoms with Gasteiger partial charge >= 0.3 is 0 Å². The summed E-state index contributed by atoms with van der Waals surface area (Å²) in [6.45, 7) is 0.326. The smallest absolute Gasteiger partial charge is 0.238 e. The van der Waals surface area contributed by atoms with Gasteiger partial charge in [-0.05, 0) is 47.5 Å². The largest absolute Gasteiger partial charge is 0.493 e. The molecule has 3 rings (SSSR count). The number of sulfonamides is 1. The predicted molar refractivity (Wildman–Crippen MR) is 112 cm³/mol. The molecule has 1 heterocycles. The predicted octanol–water partition coefficient (Wildman–Crippen LogP) is 2.50. The molecule has 0 aliphatic heterocycles. The number of primary sulfonamides is 1. The van der Waals surface area contributed by atoms with E-state index in [-0.39, 0.29) is 17.2 Å². The summed E-state index contributed by atoms with van der Waals surface area (Å²) >= 11 is 0. The molecule has 3 aromatic rings. The Balaban J connectivity index is 1.66. The number of nitrogens with zero attached hydrogens (tertiary/aromatic N) is 1. The van der Waals surface area contributed by atoms with E-state index in [1.807, 2.05) is 12.1 Å². The van der Waals surface area contributed by atoms with E-state index in [0.717, 1.165) is 5.56 Å². The molecule has 0 aliphatic carbocycles. The first-order valence-electron chi connectivity index (χ1n) is 8.96. The number of benzene rings is 2. The summed E-state index contributed by atoms with van der Waals surface area (Å²) in [6.07, 6.45) is 3.44. The van der Waals surface area contributed by atoms with E-state index >= 15 is 0 Å². The Morgan fingerprint density at radius 2 is 1.70 bits per heavy atom. The number of anilines is 1. The van der Waals surface area contributed by atoms with Crippen LogP contribution in [0.3, 0.4) is 0 Å². The molecule has 9 heteroatoms. The molecule has 0 fully saturated rings. The molecule has 0 aliphatic rings. The molecule has 30 heavy (non-hydrogen) atoms. The van der Waals surface area contributed by atoms with Crippen molar-refractivity contribution >= 4 is 21.6 Å². The van der Waals surface area contributed by atoms with Gasteiger partial charge in [-0.15, -0.1) is 0 Å². The molecule has 1 amide bonds. The van der Waals surface area contributed by atoms with Crippen LogP contribution in [0.2, 0.25) is 0 Å². The molecule has 3 N–H and O–H groups in total. The SMILES string of the molecule is COc1ccc(NC(=O)Cc2ccc(S(N)(=O)=O)cc2)cc1OCc1ccncc1. The Bertz CT molecular complexity index is 1120. The number of carbonyl (C=O) groups is 1. The molecule has 156 valence electrons. The zero-order valence-electron chi connectivity index (χ0n) is 16.2. The topological polar surface area (TPSA) is 121 Å². The lowest BCUT2D eigenvalue weighted by Crippen LogP contribution is -2.15. The average Bonchev–Trinajstić information content (AvgIpc) is 2.73. The Morgan fingerprint density at radius 1 is 1.00 bits per heavy atom. The van der Waals surface area contributed by atoms with Crippen LogP contribution in [0.4, 0.5) is 5.69 Å². The van der Waals surface area contributed by atoms with Crippen LogP contribution < -0.4 is 19.9 Å². The van der Waals surface area contributed by atoms with Gasteiger partial charge in [-0.25, -0.2) is 13.6 Å². The zero-order valence-corrected chi connectivity index (χ0v) is 17.1. The van der Waals surface area contributed by atoms with E-state index in [1.54, 1.807) is 42.7 Å². The van der Waals surface area contributed by atoms with Crippen molar-refractivity contribution in [2.45, 2.75) is 17.9 Å². The number of nitrogens with two attached hydrogens (primary N) is 1. The zero-order chi connectivity index (χ0) is 21.6. The maximum Gasteiger partial charge on any atom is 0.238 e. The van der Waals surface area contributed by atoms with Crippen molar-refractivity contribution in [3.63, 3.8) is 0 Å². The van der Waals surface area contributed by atoms with E-state index in [2.05, 4.69) is 10.3 Å². The number of nitrogens with one attached hydrogen (secondary N) is 1. The molecule has 0 spiro atoms. The van der Waals surface area contributed by atoms with Crippen LogP contribution in [0.1, 0.15) is 11.1 Å². The van der Waals surface area contributed by atoms with E-state index in [9.17, 15) is 13.2 Å². The van der Waals surface area contributed by atoms with E-state index < -0.39 is 10.0 Å². The second-order valence-corrected chi connectivity index (χ2v) is 7.99. The maximum atomic E-state index is 12.4. The highest BCUT2D eigenvalue weighted by molar-refractivity contribution is 7.89. The van der Waals surface area contributed by atoms with Crippen LogP contribution in [0.5, 0.6) is 11.5 Å². The van der Waals surface area contributed by atoms with Gasteiger partial charge in [-0.1, -0.05) is 12.1 Å². The lowest BCUT2D eigenvalue weighted by Gasteiger charge is -2.13. The number of aromatic nitrogens is 1. The number of amides is 1. The Hall–Kier alpha value is -3.43. The normalized spacial score (nSPS) is 11.0. The first-order valence-corrected chi connectivity index (χ1v) is 10.5. The fourth-order valence-corrected chi connectivity index (χ4v) is 3.21. The number of rotatable bonds is 8. The third-order valence-electron chi connectivity index (χ3n) is 4.21. The fourth-order valence-electron chi connectivity index (χ4n) is 2.69. The lowest BCUT2D eigenvalue weighted by atomic mass is 10.1. The standard InChI is InChI=1S/C21H21N3O5S/c1-28-19-7-4-17(13-20(19)29-14-16-8-10-23-11-9-16)24-21(25)12-15-2-5-18(6-3-15)30(22,26)27/h2-11,13H,12,14H2,1H3,(H,24,25)(H2,22,26,27). The van der Waals surface area contributed by atoms with Gasteiger partial charge in [0.05, 0.1) is 18.4 Å². The molecule has 0 saturated heterocycles. The molecule has 2 aromatic carbocycles. The van der Waals surface area contributed by atoms with Gasteiger partial charge in [0.1, 0.15) is 6.61 Å². The van der Waals surface area contributed by atoms with Crippen LogP contribution in [-0.4, -0.2) is 26.4 Å². The second-order valence-electron chi connectivity index (χ2n) is 6.42. The Kier molecular flexibility index (Phi) is 6.65. The molecule has 0 unspecified atom stereocenters. The van der Waals surface area contributed by atoms with E-state index in [0.29, 0.717) is 29.4 Å². The summed E-state index contributed by atoms with van der Waals surface area (Å²) in [4.78, 5) is 16.3. The van der Waals surface area contributed by atoms with Gasteiger partial charge in [0.15, 0.2) is 11.5 Å². The van der Waals surface area contributed by atoms with Gasteiger partial charge in [0.2, 0.25) is 15.9 Å². The molecule has 1 aromatic heterocycles. The van der Waals surface area contributed by atoms with Gasteiger partial charge in [-0.2, -0.15) is 0 Å². The highest BCUT2D eigenvalue weighted by atomic mass is 32.2. The van der Waals surface area contributed by atoms with Gasteiger partial charge in [0.25, 0.3) is 0 Å². The van der Waals surface area contributed by atoms with Gasteiger partial charge in [0, 0.05) is 24.1 Å². The maximum absolute atomic E-state index is 12.4. The van der Waals surface area contributed by atoms with Crippen molar-refractivity contribution in [1.29, 1.82) is 0 Å². The molecule has 0 radical (unpaired) electrons. The fraction of sp³-hybridized carbons (Fsp3) is 0.143. The average molecular weight is 427 g/mol. The van der Waals surface area contributed by atoms with Crippen molar-refractivity contribution in [2.24, 2.45) is 5.14 Å². The molecule has 0 saturated carbocycles. The van der Waals surface area contributed by atoms with Crippen molar-refractivity contribution in [2.75, 3.05) is 12.4 Å². The minimum atomic E-state index is -3.76. The van der Waals surface area contributed by atoms with E-state index in [1.165, 1.54) is 19.2 Å². The number of hydrogen-bond acceptors (Lipinski definition) is 6. The summed E-state index contributed by atoms with van der Waals surface area (Å²) in [7, 11) is -2.22. The summed E-state index contributed by atoms with van der Waals surface area (Å²) in [5.74, 6) is 0.772. The van der Waals surface area contributed by atoms with Crippen LogP contribution in [0.25, 0.3) is 0 Å². The van der Waals surface area contributed by atoms with Crippen molar-refractivity contribution in [3.8, 4) is 11.5 Å². The minimum absolute atomic E-state index is 0.00204. The quantitative estimate of drug-likeness (QED) is 0.570. The highest BCUT2D eigenvalue weighted by Gasteiger charge is 2.11. The summed E-state index contributed by atoms with van der Waals surface area (Å²) in [5, 5.41) is 7.88. The van der Waals surface area contributed by atoms with Crippen molar-refractivity contribution in [1.82, 2.24) is 4.98 Å². The Labute approximate surface area is 174 Å². The number of ether oxygens (including phenoxy) is 2. The van der Waals surface area contributed by atoms with Crippen LogP contribution in [0.15, 0.2) is 71.9 Å². The Morgan fingerprint density at radius 3 is 2.33 bits per heavy atom. The minimum Gasteiger partial charge on any atom is -0.493 e. The molecular weight excluding hydrogens is 406 g/mol. The number of hydrogen-bond donors (Lipinski definition) is 2. The first-order chi connectivity index (χ1) is 14.3.